The molecule has 0 spiro atoms. The minimum absolute atomic E-state index is 0.238. The van der Waals surface area contributed by atoms with Crippen LogP contribution >= 0.6 is 22.6 Å². The van der Waals surface area contributed by atoms with Crippen LogP contribution in [0.1, 0.15) is 19.4 Å². The molecule has 0 aromatic heterocycles. The molecule has 0 aliphatic carbocycles. The summed E-state index contributed by atoms with van der Waals surface area (Å²) in [5.41, 5.74) is 0.243. The minimum atomic E-state index is -1.03. The van der Waals surface area contributed by atoms with E-state index < -0.39 is 5.60 Å². The number of nitrogens with one attached hydrogen (secondary N) is 1. The van der Waals surface area contributed by atoms with E-state index in [4.69, 9.17) is 10.00 Å². The Bertz CT molecular complexity index is 701. The van der Waals surface area contributed by atoms with Gasteiger partial charge in [0, 0.05) is 9.26 Å². The van der Waals surface area contributed by atoms with Gasteiger partial charge in [0.25, 0.3) is 5.91 Å². The zero-order valence-corrected chi connectivity index (χ0v) is 14.4. The van der Waals surface area contributed by atoms with Gasteiger partial charge >= 0.3 is 0 Å². The summed E-state index contributed by atoms with van der Waals surface area (Å²) < 4.78 is 6.84. The lowest BCUT2D eigenvalue weighted by atomic mass is 10.1. The van der Waals surface area contributed by atoms with E-state index in [1.54, 1.807) is 38.1 Å². The number of amides is 1. The molecular weight excluding hydrogens is 391 g/mol. The zero-order valence-electron chi connectivity index (χ0n) is 12.3. The fourth-order valence-electron chi connectivity index (χ4n) is 1.75. The first-order valence-electron chi connectivity index (χ1n) is 6.67. The van der Waals surface area contributed by atoms with Gasteiger partial charge in [0.05, 0.1) is 11.6 Å². The van der Waals surface area contributed by atoms with Crippen LogP contribution in [0.4, 0.5) is 5.69 Å². The fourth-order valence-corrected chi connectivity index (χ4v) is 2.11. The first-order chi connectivity index (χ1) is 10.4. The Hall–Kier alpha value is -2.07. The van der Waals surface area contributed by atoms with Crippen LogP contribution in [-0.4, -0.2) is 11.5 Å². The summed E-state index contributed by atoms with van der Waals surface area (Å²) in [4.78, 5) is 12.4. The van der Waals surface area contributed by atoms with E-state index in [1.165, 1.54) is 0 Å². The molecular formula is C17H15IN2O2. The van der Waals surface area contributed by atoms with Crippen molar-refractivity contribution in [2.75, 3.05) is 5.32 Å². The normalized spacial score (nSPS) is 10.6. The van der Waals surface area contributed by atoms with Crippen molar-refractivity contribution < 1.29 is 9.53 Å². The van der Waals surface area contributed by atoms with Crippen molar-refractivity contribution in [3.63, 3.8) is 0 Å². The maximum absolute atomic E-state index is 12.4. The van der Waals surface area contributed by atoms with Gasteiger partial charge in [0.15, 0.2) is 5.60 Å². The van der Waals surface area contributed by atoms with E-state index in [0.717, 1.165) is 9.26 Å². The number of carbonyl (C=O) groups is 1. The van der Waals surface area contributed by atoms with Gasteiger partial charge in [0.2, 0.25) is 0 Å². The highest BCUT2D eigenvalue weighted by atomic mass is 127. The van der Waals surface area contributed by atoms with E-state index in [1.807, 2.05) is 30.3 Å². The van der Waals surface area contributed by atoms with Crippen LogP contribution < -0.4 is 10.1 Å². The summed E-state index contributed by atoms with van der Waals surface area (Å²) >= 11 is 2.21. The van der Waals surface area contributed by atoms with Crippen LogP contribution in [0.2, 0.25) is 0 Å². The monoisotopic (exact) mass is 406 g/mol. The summed E-state index contributed by atoms with van der Waals surface area (Å²) in [6, 6.07) is 16.2. The number of anilines is 1. The Labute approximate surface area is 143 Å². The largest absolute Gasteiger partial charge is 0.478 e. The molecule has 0 aliphatic heterocycles. The van der Waals surface area contributed by atoms with Crippen molar-refractivity contribution in [3.05, 3.63) is 57.7 Å². The van der Waals surface area contributed by atoms with Crippen molar-refractivity contribution in [2.24, 2.45) is 0 Å². The van der Waals surface area contributed by atoms with E-state index in [0.29, 0.717) is 11.3 Å². The summed E-state index contributed by atoms with van der Waals surface area (Å²) in [6.45, 7) is 3.40. The molecule has 5 heteroatoms. The van der Waals surface area contributed by atoms with Gasteiger partial charge in [0.1, 0.15) is 5.75 Å². The topological polar surface area (TPSA) is 62.1 Å². The van der Waals surface area contributed by atoms with Gasteiger partial charge < -0.3 is 10.1 Å². The summed E-state index contributed by atoms with van der Waals surface area (Å²) in [5, 5.41) is 11.6. The summed E-state index contributed by atoms with van der Waals surface area (Å²) in [5.74, 6) is 0.305. The lowest BCUT2D eigenvalue weighted by Gasteiger charge is -2.25. The van der Waals surface area contributed by atoms with Crippen LogP contribution in [0.5, 0.6) is 5.75 Å². The van der Waals surface area contributed by atoms with E-state index >= 15 is 0 Å². The average molecular weight is 406 g/mol. The molecule has 22 heavy (non-hydrogen) atoms. The molecule has 0 saturated heterocycles. The molecule has 112 valence electrons. The molecule has 2 aromatic carbocycles. The van der Waals surface area contributed by atoms with Gasteiger partial charge in [-0.05, 0) is 85.0 Å². The molecule has 0 fully saturated rings. The van der Waals surface area contributed by atoms with Crippen molar-refractivity contribution in [3.8, 4) is 11.8 Å². The van der Waals surface area contributed by atoms with E-state index in [9.17, 15) is 4.79 Å². The van der Waals surface area contributed by atoms with Crippen LogP contribution in [0, 0.1) is 14.9 Å². The zero-order chi connectivity index (χ0) is 16.2. The third kappa shape index (κ3) is 4.21. The van der Waals surface area contributed by atoms with Crippen molar-refractivity contribution in [2.45, 2.75) is 19.4 Å². The third-order valence-corrected chi connectivity index (χ3v) is 3.72. The quantitative estimate of drug-likeness (QED) is 0.783. The number of halogens is 1. The SMILES string of the molecule is CC(C)(Oc1ccc(C#N)cc1)C(=O)Nc1ccc(I)cc1. The van der Waals surface area contributed by atoms with Gasteiger partial charge in [-0.25, -0.2) is 0 Å². The van der Waals surface area contributed by atoms with Crippen molar-refractivity contribution in [1.29, 1.82) is 5.26 Å². The number of hydrogen-bond acceptors (Lipinski definition) is 3. The molecule has 1 amide bonds. The molecule has 0 bridgehead atoms. The number of rotatable bonds is 4. The maximum Gasteiger partial charge on any atom is 0.267 e. The predicted octanol–water partition coefficient (Wildman–Crippen LogP) is 3.96. The Morgan fingerprint density at radius 2 is 1.73 bits per heavy atom. The maximum atomic E-state index is 12.4. The molecule has 0 heterocycles. The number of nitrogens with zero attached hydrogens (tertiary/aromatic N) is 1. The Balaban J connectivity index is 2.06. The molecule has 0 aliphatic rings. The van der Waals surface area contributed by atoms with Gasteiger partial charge in [-0.1, -0.05) is 0 Å². The number of nitriles is 1. The third-order valence-electron chi connectivity index (χ3n) is 3.01. The average Bonchev–Trinajstić information content (AvgIpc) is 2.50. The van der Waals surface area contributed by atoms with Crippen LogP contribution in [-0.2, 0) is 4.79 Å². The lowest BCUT2D eigenvalue weighted by Crippen LogP contribution is -2.42. The molecule has 0 unspecified atom stereocenters. The molecule has 0 atom stereocenters. The number of carbonyl (C=O) groups excluding carboxylic acids is 1. The molecule has 0 radical (unpaired) electrons. The smallest absolute Gasteiger partial charge is 0.267 e. The summed E-state index contributed by atoms with van der Waals surface area (Å²) in [6.07, 6.45) is 0. The second kappa shape index (κ2) is 6.79. The second-order valence-corrected chi connectivity index (χ2v) is 6.46. The number of hydrogen-bond donors (Lipinski definition) is 1. The van der Waals surface area contributed by atoms with Crippen LogP contribution in [0.15, 0.2) is 48.5 Å². The highest BCUT2D eigenvalue weighted by Gasteiger charge is 2.30. The molecule has 2 aromatic rings. The van der Waals surface area contributed by atoms with Gasteiger partial charge in [-0.2, -0.15) is 5.26 Å². The molecule has 4 nitrogen and oxygen atoms in total. The molecule has 2 rings (SSSR count). The highest BCUT2D eigenvalue weighted by Crippen LogP contribution is 2.21. The second-order valence-electron chi connectivity index (χ2n) is 5.21. The van der Waals surface area contributed by atoms with Gasteiger partial charge in [-0.3, -0.25) is 4.79 Å². The Morgan fingerprint density at radius 3 is 2.27 bits per heavy atom. The standard InChI is InChI=1S/C17H15IN2O2/c1-17(2,22-15-9-3-12(11-19)4-10-15)16(21)20-14-7-5-13(18)6-8-14/h3-10H,1-2H3,(H,20,21). The molecule has 1 N–H and O–H groups in total. The van der Waals surface area contributed by atoms with Crippen molar-refractivity contribution >= 4 is 34.2 Å². The van der Waals surface area contributed by atoms with Gasteiger partial charge in [-0.15, -0.1) is 0 Å². The predicted molar refractivity (Wildman–Crippen MR) is 93.7 cm³/mol. The van der Waals surface area contributed by atoms with E-state index in [-0.39, 0.29) is 5.91 Å². The minimum Gasteiger partial charge on any atom is -0.478 e. The summed E-state index contributed by atoms with van der Waals surface area (Å²) in [7, 11) is 0. The van der Waals surface area contributed by atoms with E-state index in [2.05, 4.69) is 27.9 Å². The first kappa shape index (κ1) is 16.3. The lowest BCUT2D eigenvalue weighted by molar-refractivity contribution is -0.128. The number of ether oxygens (including phenoxy) is 1. The Kier molecular flexibility index (Phi) is 5.03. The molecule has 0 saturated carbocycles. The highest BCUT2D eigenvalue weighted by molar-refractivity contribution is 14.1. The first-order valence-corrected chi connectivity index (χ1v) is 7.75. The van der Waals surface area contributed by atoms with Crippen molar-refractivity contribution in [1.82, 2.24) is 0 Å². The fraction of sp³-hybridized carbons (Fsp3) is 0.176. The van der Waals surface area contributed by atoms with Crippen LogP contribution in [0.25, 0.3) is 0 Å². The Morgan fingerprint density at radius 1 is 1.14 bits per heavy atom. The van der Waals surface area contributed by atoms with Crippen LogP contribution in [0.3, 0.4) is 0 Å². The number of benzene rings is 2.